The van der Waals surface area contributed by atoms with Crippen LogP contribution in [0.1, 0.15) is 11.6 Å². The van der Waals surface area contributed by atoms with E-state index >= 15 is 4.39 Å². The van der Waals surface area contributed by atoms with Gasteiger partial charge in [0.2, 0.25) is 0 Å². The number of rotatable bonds is 9. The Morgan fingerprint density at radius 1 is 1.07 bits per heavy atom. The van der Waals surface area contributed by atoms with Crippen molar-refractivity contribution in [2.24, 2.45) is 0 Å². The number of aromatic nitrogens is 6. The molecule has 10 nitrogen and oxygen atoms in total. The Kier molecular flexibility index (Phi) is 7.71. The van der Waals surface area contributed by atoms with E-state index in [4.69, 9.17) is 26.1 Å². The summed E-state index contributed by atoms with van der Waals surface area (Å²) in [5.74, 6) is -0.408. The van der Waals surface area contributed by atoms with Crippen LogP contribution in [-0.2, 0) is 16.2 Å². The number of cyclic esters (lactones) is 1. The number of halogens is 3. The average Bonchev–Trinajstić information content (AvgIpc) is 3.70. The quantitative estimate of drug-likeness (QED) is 0.135. The van der Waals surface area contributed by atoms with Crippen LogP contribution in [0.15, 0.2) is 61.2 Å². The highest BCUT2D eigenvalue weighted by molar-refractivity contribution is 6.76. The molecule has 0 radical (unpaired) electrons. The molecule has 0 spiro atoms. The van der Waals surface area contributed by atoms with Gasteiger partial charge in [-0.2, -0.15) is 10.2 Å². The number of fused-ring (bicyclic) bond motifs is 1. The maximum Gasteiger partial charge on any atom is 0.416 e. The van der Waals surface area contributed by atoms with Gasteiger partial charge in [0.15, 0.2) is 11.5 Å². The van der Waals surface area contributed by atoms with Crippen molar-refractivity contribution in [3.05, 3.63) is 83.4 Å². The number of amides is 1. The topological polar surface area (TPSA) is 99.7 Å². The summed E-state index contributed by atoms with van der Waals surface area (Å²) < 4.78 is 43.5. The number of carbonyl (C=O) groups excluding carboxylic acids is 1. The molecular formula is C29H28ClF2N7O3Si. The maximum absolute atomic E-state index is 15.5. The number of nitrogens with zero attached hydrogens (tertiary/aromatic N) is 7. The van der Waals surface area contributed by atoms with Crippen molar-refractivity contribution in [2.45, 2.75) is 38.5 Å². The van der Waals surface area contributed by atoms with Gasteiger partial charge in [0.05, 0.1) is 16.8 Å². The molecule has 0 saturated carbocycles. The Morgan fingerprint density at radius 3 is 2.67 bits per heavy atom. The lowest BCUT2D eigenvalue weighted by Crippen LogP contribution is -2.28. The first kappa shape index (κ1) is 28.9. The van der Waals surface area contributed by atoms with Crippen LogP contribution in [0.3, 0.4) is 0 Å². The Hall–Kier alpha value is -4.20. The molecule has 1 atom stereocenters. The zero-order valence-electron chi connectivity index (χ0n) is 23.7. The first-order valence-corrected chi connectivity index (χ1v) is 17.7. The summed E-state index contributed by atoms with van der Waals surface area (Å²) in [7, 11) is -1.24. The summed E-state index contributed by atoms with van der Waals surface area (Å²) in [4.78, 5) is 23.1. The standard InChI is InChI=1S/C29H28ClF2N7O3Si/c1-43(2,3)11-10-41-17-38-27(33-16-35-38)20-6-4-18(13-24(20)32)21-14-34-37-9-8-26(36-28(21)37)39-25(15-42-29(39)40)19-5-7-23(31)22(30)12-19/h4-9,12-14,16,25H,10-11,15,17H2,1-3H3/t25-/m1/s1. The van der Waals surface area contributed by atoms with Crippen molar-refractivity contribution >= 4 is 37.2 Å². The van der Waals surface area contributed by atoms with E-state index in [2.05, 4.69) is 34.8 Å². The molecule has 1 amide bonds. The number of benzene rings is 2. The third-order valence-corrected chi connectivity index (χ3v) is 9.14. The molecule has 14 heteroatoms. The third-order valence-electron chi connectivity index (χ3n) is 7.15. The molecule has 0 N–H and O–H groups in total. The van der Waals surface area contributed by atoms with Gasteiger partial charge in [-0.25, -0.2) is 32.7 Å². The fraction of sp³-hybridized carbons (Fsp3) is 0.276. The molecule has 5 aromatic rings. The minimum absolute atomic E-state index is 0.0421. The fourth-order valence-electron chi connectivity index (χ4n) is 4.80. The van der Waals surface area contributed by atoms with E-state index in [9.17, 15) is 9.18 Å². The molecule has 1 fully saturated rings. The lowest BCUT2D eigenvalue weighted by Gasteiger charge is -2.21. The highest BCUT2D eigenvalue weighted by Gasteiger charge is 2.37. The zero-order chi connectivity index (χ0) is 30.3. The smallest absolute Gasteiger partial charge is 0.416 e. The van der Waals surface area contributed by atoms with E-state index in [1.807, 2.05) is 0 Å². The molecular weight excluding hydrogens is 596 g/mol. The van der Waals surface area contributed by atoms with E-state index in [0.29, 0.717) is 40.6 Å². The lowest BCUT2D eigenvalue weighted by molar-refractivity contribution is 0.0796. The van der Waals surface area contributed by atoms with Gasteiger partial charge in [-0.15, -0.1) is 0 Å². The molecule has 3 aromatic heterocycles. The van der Waals surface area contributed by atoms with Crippen molar-refractivity contribution in [3.63, 3.8) is 0 Å². The molecule has 1 aliphatic rings. The van der Waals surface area contributed by atoms with Crippen molar-refractivity contribution in [3.8, 4) is 22.5 Å². The predicted molar refractivity (Wildman–Crippen MR) is 159 cm³/mol. The van der Waals surface area contributed by atoms with Gasteiger partial charge in [-0.05, 0) is 47.5 Å². The second-order valence-corrected chi connectivity index (χ2v) is 17.4. The Labute approximate surface area is 251 Å². The lowest BCUT2D eigenvalue weighted by atomic mass is 10.1. The molecule has 0 bridgehead atoms. The minimum Gasteiger partial charge on any atom is -0.447 e. The minimum atomic E-state index is -1.24. The van der Waals surface area contributed by atoms with Crippen molar-refractivity contribution in [1.82, 2.24) is 29.4 Å². The first-order valence-electron chi connectivity index (χ1n) is 13.6. The molecule has 6 rings (SSSR count). The van der Waals surface area contributed by atoms with Crippen LogP contribution in [-0.4, -0.2) is 56.7 Å². The van der Waals surface area contributed by atoms with Crippen LogP contribution in [0.2, 0.25) is 30.7 Å². The van der Waals surface area contributed by atoms with Gasteiger partial charge in [0, 0.05) is 26.4 Å². The Bertz CT molecular complexity index is 1820. The highest BCUT2D eigenvalue weighted by atomic mass is 35.5. The van der Waals surface area contributed by atoms with Gasteiger partial charge < -0.3 is 9.47 Å². The first-order chi connectivity index (χ1) is 20.6. The second kappa shape index (κ2) is 11.5. The molecule has 1 saturated heterocycles. The highest BCUT2D eigenvalue weighted by Crippen LogP contribution is 2.35. The van der Waals surface area contributed by atoms with Crippen LogP contribution in [0.4, 0.5) is 19.4 Å². The van der Waals surface area contributed by atoms with Crippen LogP contribution in [0.25, 0.3) is 28.2 Å². The Balaban J connectivity index is 1.28. The third kappa shape index (κ3) is 5.87. The monoisotopic (exact) mass is 623 g/mol. The zero-order valence-corrected chi connectivity index (χ0v) is 25.4. The van der Waals surface area contributed by atoms with Gasteiger partial charge >= 0.3 is 6.09 Å². The molecule has 222 valence electrons. The number of hydrogen-bond donors (Lipinski definition) is 0. The van der Waals surface area contributed by atoms with Gasteiger partial charge in [-0.1, -0.05) is 43.4 Å². The number of carbonyl (C=O) groups is 1. The van der Waals surface area contributed by atoms with Crippen LogP contribution in [0.5, 0.6) is 0 Å². The second-order valence-electron chi connectivity index (χ2n) is 11.4. The van der Waals surface area contributed by atoms with E-state index in [1.165, 1.54) is 38.6 Å². The van der Waals surface area contributed by atoms with E-state index in [0.717, 1.165) is 6.04 Å². The average molecular weight is 624 g/mol. The predicted octanol–water partition coefficient (Wildman–Crippen LogP) is 6.60. The van der Waals surface area contributed by atoms with Crippen LogP contribution >= 0.6 is 11.6 Å². The van der Waals surface area contributed by atoms with E-state index in [1.54, 1.807) is 36.7 Å². The summed E-state index contributed by atoms with van der Waals surface area (Å²) in [5, 5.41) is 8.50. The maximum atomic E-state index is 15.5. The van der Waals surface area contributed by atoms with Gasteiger partial charge in [-0.3, -0.25) is 4.90 Å². The fourth-order valence-corrected chi connectivity index (χ4v) is 5.74. The summed E-state index contributed by atoms with van der Waals surface area (Å²) in [6.45, 7) is 7.64. The van der Waals surface area contributed by atoms with Crippen molar-refractivity contribution in [2.75, 3.05) is 18.1 Å². The summed E-state index contributed by atoms with van der Waals surface area (Å²) in [6, 6.07) is 11.1. The van der Waals surface area contributed by atoms with Gasteiger partial charge in [0.1, 0.15) is 43.2 Å². The van der Waals surface area contributed by atoms with Crippen molar-refractivity contribution < 1.29 is 23.0 Å². The number of anilines is 1. The molecule has 2 aromatic carbocycles. The van der Waals surface area contributed by atoms with Crippen LogP contribution in [0, 0.1) is 11.6 Å². The van der Waals surface area contributed by atoms with Crippen molar-refractivity contribution in [1.29, 1.82) is 0 Å². The molecule has 43 heavy (non-hydrogen) atoms. The normalized spacial score (nSPS) is 15.4. The molecule has 0 aliphatic carbocycles. The van der Waals surface area contributed by atoms with E-state index in [-0.39, 0.29) is 23.9 Å². The van der Waals surface area contributed by atoms with E-state index < -0.39 is 31.8 Å². The molecule has 4 heterocycles. The SMILES string of the molecule is C[Si](C)(C)CCOCn1ncnc1-c1ccc(-c2cnn3ccc(N4C(=O)OC[C@@H]4c4ccc(F)c(Cl)c4)nc23)cc1F. The van der Waals surface area contributed by atoms with Crippen LogP contribution < -0.4 is 4.90 Å². The summed E-state index contributed by atoms with van der Waals surface area (Å²) >= 11 is 5.99. The summed E-state index contributed by atoms with van der Waals surface area (Å²) in [5.41, 5.74) is 2.36. The summed E-state index contributed by atoms with van der Waals surface area (Å²) in [6.07, 6.45) is 4.00. The molecule has 0 unspecified atom stereocenters. The number of ether oxygens (including phenoxy) is 2. The number of hydrogen-bond acceptors (Lipinski definition) is 7. The molecule has 1 aliphatic heterocycles. The Morgan fingerprint density at radius 2 is 1.91 bits per heavy atom. The largest absolute Gasteiger partial charge is 0.447 e. The van der Waals surface area contributed by atoms with Gasteiger partial charge in [0.25, 0.3) is 0 Å².